The molecule has 0 radical (unpaired) electrons. The molecule has 2 N–H and O–H groups in total. The van der Waals surface area contributed by atoms with Crippen molar-refractivity contribution in [1.29, 1.82) is 0 Å². The van der Waals surface area contributed by atoms with E-state index in [0.29, 0.717) is 13.2 Å². The number of epoxide rings is 2. The second-order valence-corrected chi connectivity index (χ2v) is 21.0. The molecule has 3 aromatic carbocycles. The van der Waals surface area contributed by atoms with E-state index >= 15 is 0 Å². The Morgan fingerprint density at radius 2 is 0.935 bits per heavy atom. The van der Waals surface area contributed by atoms with Gasteiger partial charge in [0.15, 0.2) is 37.2 Å². The summed E-state index contributed by atoms with van der Waals surface area (Å²) in [4.78, 5) is 0.214. The molecule has 11 rings (SSSR count). The first-order chi connectivity index (χ1) is 29.3. The highest BCUT2D eigenvalue weighted by Gasteiger charge is 2.71. The van der Waals surface area contributed by atoms with Crippen LogP contribution in [0.1, 0.15) is 23.6 Å². The van der Waals surface area contributed by atoms with Crippen LogP contribution in [0.5, 0.6) is 0 Å². The highest BCUT2D eigenvalue weighted by Crippen LogP contribution is 2.52. The van der Waals surface area contributed by atoms with Crippen LogP contribution in [0.15, 0.2) is 87.5 Å². The standard InChI is InChI=1S/C14H16O6S.C13H16O7S.C13H14O6S/c1-8-3-5-9(6-4-8)21(15,16)20-11-12-14(2,19-12)10-7-17-13(11)18-10;1-7-2-4-8(5-3-7)21(16,17)20-12-11(15)10(14)9-6-18-13(12)19-9;1-7-2-4-8(5-3-7)20(14,15)19-12-11-10(18-11)9-6-16-13(12)17-9/h3-6,10-13H,7H2,1-2H3;2-5,9-15H,6H2,1H3;2-5,9-13H,6H2,1H3. The summed E-state index contributed by atoms with van der Waals surface area (Å²) in [5.74, 6) is 0. The van der Waals surface area contributed by atoms with Crippen molar-refractivity contribution in [2.45, 2.75) is 134 Å². The van der Waals surface area contributed by atoms with Gasteiger partial charge in [-0.3, -0.25) is 12.5 Å². The molecule has 15 atom stereocenters. The number of hydrogen-bond acceptors (Lipinski definition) is 19. The Morgan fingerprint density at radius 3 is 1.47 bits per heavy atom. The Labute approximate surface area is 358 Å². The van der Waals surface area contributed by atoms with E-state index in [-0.39, 0.29) is 51.8 Å². The summed E-state index contributed by atoms with van der Waals surface area (Å²) in [6, 6.07) is 19.1. The molecule has 8 saturated heterocycles. The summed E-state index contributed by atoms with van der Waals surface area (Å²) in [6.45, 7) is 8.43. The fourth-order valence-corrected chi connectivity index (χ4v) is 11.2. The van der Waals surface area contributed by atoms with E-state index in [1.165, 1.54) is 36.4 Å². The summed E-state index contributed by atoms with van der Waals surface area (Å²) in [7, 11) is -11.8. The van der Waals surface area contributed by atoms with Gasteiger partial charge in [-0.05, 0) is 64.1 Å². The SMILES string of the molecule is Cc1ccc(S(=O)(=O)OC2C3OCC(O3)C(O)C2O)cc1.Cc1ccc(S(=O)(=O)OC2C3OCC(O3)C3(C)OC23)cc1.Cc1ccc(S(=O)(=O)OC2C3OCC(O3)C3OC32)cc1. The Balaban J connectivity index is 0.000000119. The zero-order chi connectivity index (χ0) is 43.9. The number of hydrogen-bond donors (Lipinski definition) is 2. The number of aliphatic hydroxyl groups is 2. The van der Waals surface area contributed by atoms with E-state index in [1.807, 2.05) is 27.7 Å². The number of rotatable bonds is 9. The predicted octanol–water partition coefficient (Wildman–Crippen LogP) is 1.12. The molecule has 0 aromatic heterocycles. The van der Waals surface area contributed by atoms with Gasteiger partial charge in [-0.25, -0.2) is 0 Å². The topological polar surface area (TPSA) is 251 Å². The van der Waals surface area contributed by atoms with Crippen LogP contribution in [0.2, 0.25) is 0 Å². The van der Waals surface area contributed by atoms with Crippen LogP contribution in [0.25, 0.3) is 0 Å². The Kier molecular flexibility index (Phi) is 11.7. The summed E-state index contributed by atoms with van der Waals surface area (Å²) < 4.78 is 133. The second kappa shape index (κ2) is 16.5. The Hall–Kier alpha value is -3.01. The average Bonchev–Trinajstić information content (AvgIpc) is 3.93. The van der Waals surface area contributed by atoms with Crippen molar-refractivity contribution in [1.82, 2.24) is 0 Å². The molecule has 22 heteroatoms. The van der Waals surface area contributed by atoms with Crippen LogP contribution in [0.4, 0.5) is 0 Å². The van der Waals surface area contributed by atoms with E-state index in [9.17, 15) is 35.5 Å². The first-order valence-corrected chi connectivity index (χ1v) is 24.1. The molecule has 8 aliphatic heterocycles. The van der Waals surface area contributed by atoms with Crippen molar-refractivity contribution < 1.29 is 85.9 Å². The van der Waals surface area contributed by atoms with Gasteiger partial charge in [-0.15, -0.1) is 0 Å². The molecule has 8 heterocycles. The minimum atomic E-state index is -4.09. The van der Waals surface area contributed by atoms with Crippen molar-refractivity contribution >= 4 is 30.4 Å². The molecule has 0 aliphatic carbocycles. The molecular formula is C40H46O19S3. The molecule has 6 bridgehead atoms. The van der Waals surface area contributed by atoms with Crippen molar-refractivity contribution in [2.75, 3.05) is 19.8 Å². The zero-order valence-electron chi connectivity index (χ0n) is 33.7. The van der Waals surface area contributed by atoms with Crippen LogP contribution in [-0.4, -0.2) is 147 Å². The lowest BCUT2D eigenvalue weighted by atomic mass is 9.96. The molecule has 8 aliphatic rings. The van der Waals surface area contributed by atoms with Crippen molar-refractivity contribution in [2.24, 2.45) is 0 Å². The van der Waals surface area contributed by atoms with E-state index in [1.54, 1.807) is 36.4 Å². The number of aryl methyl sites for hydroxylation is 3. The maximum atomic E-state index is 12.4. The van der Waals surface area contributed by atoms with E-state index in [4.69, 9.17) is 50.4 Å². The molecule has 15 unspecified atom stereocenters. The van der Waals surface area contributed by atoms with E-state index < -0.39 is 91.4 Å². The molecule has 8 fully saturated rings. The van der Waals surface area contributed by atoms with Crippen molar-refractivity contribution in [3.05, 3.63) is 89.5 Å². The van der Waals surface area contributed by atoms with Gasteiger partial charge in [0.1, 0.15) is 54.4 Å². The normalized spacial score (nSPS) is 38.4. The smallest absolute Gasteiger partial charge is 0.297 e. The van der Waals surface area contributed by atoms with Crippen LogP contribution in [0, 0.1) is 20.8 Å². The Bertz CT molecular complexity index is 2370. The lowest BCUT2D eigenvalue weighted by molar-refractivity contribution is -0.219. The number of aliphatic hydroxyl groups excluding tert-OH is 2. The fourth-order valence-electron chi connectivity index (χ4n) is 7.96. The van der Waals surface area contributed by atoms with Crippen molar-refractivity contribution in [3.8, 4) is 0 Å². The Morgan fingerprint density at radius 1 is 0.516 bits per heavy atom. The molecule has 3 aromatic rings. The molecular weight excluding hydrogens is 881 g/mol. The number of benzene rings is 3. The minimum Gasteiger partial charge on any atom is -0.387 e. The summed E-state index contributed by atoms with van der Waals surface area (Å²) in [6.07, 6.45) is -9.34. The molecule has 0 spiro atoms. The van der Waals surface area contributed by atoms with Crippen LogP contribution < -0.4 is 0 Å². The molecule has 338 valence electrons. The molecule has 19 nitrogen and oxygen atoms in total. The summed E-state index contributed by atoms with van der Waals surface area (Å²) in [5.41, 5.74) is 2.38. The quantitative estimate of drug-likeness (QED) is 0.225. The fraction of sp³-hybridized carbons (Fsp3) is 0.550. The molecule has 0 amide bonds. The predicted molar refractivity (Wildman–Crippen MR) is 208 cm³/mol. The molecule has 0 saturated carbocycles. The van der Waals surface area contributed by atoms with Gasteiger partial charge in [0.2, 0.25) is 0 Å². The van der Waals surface area contributed by atoms with Gasteiger partial charge in [0, 0.05) is 0 Å². The first-order valence-electron chi connectivity index (χ1n) is 19.8. The summed E-state index contributed by atoms with van der Waals surface area (Å²) in [5, 5.41) is 19.8. The largest absolute Gasteiger partial charge is 0.387 e. The zero-order valence-corrected chi connectivity index (χ0v) is 36.1. The highest BCUT2D eigenvalue weighted by atomic mass is 32.2. The van der Waals surface area contributed by atoms with Gasteiger partial charge < -0.3 is 48.1 Å². The van der Waals surface area contributed by atoms with Crippen LogP contribution in [0.3, 0.4) is 0 Å². The first kappa shape index (κ1) is 44.2. The highest BCUT2D eigenvalue weighted by molar-refractivity contribution is 7.87. The van der Waals surface area contributed by atoms with Gasteiger partial charge in [-0.1, -0.05) is 53.1 Å². The molecule has 62 heavy (non-hydrogen) atoms. The number of ether oxygens (including phenoxy) is 8. The number of fused-ring (bicyclic) bond motifs is 10. The van der Waals surface area contributed by atoms with Gasteiger partial charge in [0.25, 0.3) is 30.4 Å². The van der Waals surface area contributed by atoms with Crippen LogP contribution in [-0.2, 0) is 80.8 Å². The third-order valence-electron chi connectivity index (χ3n) is 11.8. The average molecular weight is 927 g/mol. The van der Waals surface area contributed by atoms with E-state index in [2.05, 4.69) is 0 Å². The van der Waals surface area contributed by atoms with Gasteiger partial charge in [0.05, 0.1) is 34.5 Å². The minimum absolute atomic E-state index is 0.0325. The van der Waals surface area contributed by atoms with Gasteiger partial charge >= 0.3 is 0 Å². The third kappa shape index (κ3) is 8.62. The van der Waals surface area contributed by atoms with Crippen LogP contribution >= 0.6 is 0 Å². The van der Waals surface area contributed by atoms with Gasteiger partial charge in [-0.2, -0.15) is 25.3 Å². The summed E-state index contributed by atoms with van der Waals surface area (Å²) >= 11 is 0. The maximum absolute atomic E-state index is 12.4. The lowest BCUT2D eigenvalue weighted by Crippen LogP contribution is -2.55. The van der Waals surface area contributed by atoms with Crippen molar-refractivity contribution in [3.63, 3.8) is 0 Å². The maximum Gasteiger partial charge on any atom is 0.297 e. The second-order valence-electron chi connectivity index (χ2n) is 16.3. The monoisotopic (exact) mass is 926 g/mol. The third-order valence-corrected chi connectivity index (χ3v) is 15.7. The van der Waals surface area contributed by atoms with E-state index in [0.717, 1.165) is 16.7 Å². The lowest BCUT2D eigenvalue weighted by Gasteiger charge is -2.34.